The molecule has 1 unspecified atom stereocenters. The van der Waals surface area contributed by atoms with Crippen LogP contribution in [0.25, 0.3) is 16.6 Å². The first kappa shape index (κ1) is 83.0. The molecule has 2 aliphatic heterocycles. The highest BCUT2D eigenvalue weighted by atomic mass is 16.5. The molecule has 3 aromatic carbocycles. The molecule has 0 saturated heterocycles. The highest BCUT2D eigenvalue weighted by Gasteiger charge is 2.35. The molecule has 0 spiro atoms. The fourth-order valence-corrected chi connectivity index (χ4v) is 8.28. The number of aromatic nitrogens is 3. The normalized spacial score (nSPS) is 8.10. The zero-order chi connectivity index (χ0) is 80.7. The predicted molar refractivity (Wildman–Crippen MR) is 449 cm³/mol. The molecule has 5 aromatic rings. The summed E-state index contributed by atoms with van der Waals surface area (Å²) in [6.07, 6.45) is 10.6. The van der Waals surface area contributed by atoms with Gasteiger partial charge in [-0.05, 0) is 185 Å². The maximum Gasteiger partial charge on any atom is 0.161 e. The molecule has 2 aromatic heterocycles. The fraction of sp³-hybridized carbons (Fsp3) is 0.0833. The van der Waals surface area contributed by atoms with Gasteiger partial charge < -0.3 is 19.2 Å². The van der Waals surface area contributed by atoms with Crippen molar-refractivity contribution in [3.63, 3.8) is 0 Å². The number of fused-ring (bicyclic) bond motifs is 6. The molecule has 115 heavy (non-hydrogen) atoms. The summed E-state index contributed by atoms with van der Waals surface area (Å²) >= 11 is 0. The standard InChI is InChI=1S/C77H4.C31H30N4O3/c1-3-5-7-9-11-13-15-17-19-21-23-25-27-29-31-33-35-37-39-41-43-45-47-49-51-53-55-57-59-61-63-65-67-69-71-73-75-77-76-74-72-70-68-66-64-62-60-58-56-54-52-50-48-46-44-42-40-38-36-34-32-30-28-26-24-22-20-18-16-14-12-10-8-6-4-2;1-36-23-8-9-27-25(15-23)26-16-29-24-17-30(37-2)31(14-21(24)10-13-34(29)18-28(26)33-27)38-19-20-4-6-22(7-5-20)35-12-3-11-32-35/h1H,2H3;3-9,11-12,14-15,17,29,33H,10,13,16,18-19H2,1-2H3. The number of methoxy groups -OCH3 is 2. The van der Waals surface area contributed by atoms with E-state index in [1.807, 2.05) is 23.0 Å². The van der Waals surface area contributed by atoms with Gasteiger partial charge in [-0.1, -0.05) is 18.1 Å². The van der Waals surface area contributed by atoms with E-state index in [2.05, 4.69) is 508 Å². The molecule has 0 aliphatic carbocycles. The van der Waals surface area contributed by atoms with E-state index in [0.717, 1.165) is 54.4 Å². The van der Waals surface area contributed by atoms with E-state index < -0.39 is 0 Å². The Morgan fingerprint density at radius 3 is 1.03 bits per heavy atom. The first-order chi connectivity index (χ1) is 57.1. The number of nitrogens with one attached hydrogen (secondary N) is 1. The van der Waals surface area contributed by atoms with E-state index in [1.54, 1.807) is 27.3 Å². The van der Waals surface area contributed by atoms with Gasteiger partial charge in [-0.15, -0.1) is 6.42 Å². The number of terminal acetylenes is 1. The smallest absolute Gasteiger partial charge is 0.161 e. The lowest BCUT2D eigenvalue weighted by atomic mass is 9.85. The van der Waals surface area contributed by atoms with E-state index in [1.165, 1.54) is 33.3 Å². The average molecular weight is 1440 g/mol. The number of rotatable bonds is 6. The minimum Gasteiger partial charge on any atom is -0.497 e. The molecular weight excluding hydrogens is 1400 g/mol. The first-order valence-electron chi connectivity index (χ1n) is 32.3. The van der Waals surface area contributed by atoms with Crippen LogP contribution in [0.5, 0.6) is 17.2 Å². The third-order valence-corrected chi connectivity index (χ3v) is 12.7. The third kappa shape index (κ3) is 36.7. The number of benzene rings is 3. The van der Waals surface area contributed by atoms with Gasteiger partial charge in [0.25, 0.3) is 0 Å². The Morgan fingerprint density at radius 1 is 0.391 bits per heavy atom. The van der Waals surface area contributed by atoms with Crippen LogP contribution in [0.4, 0.5) is 0 Å². The Kier molecular flexibility index (Phi) is 40.8. The highest BCUT2D eigenvalue weighted by Crippen LogP contribution is 2.44. The molecule has 7 rings (SSSR count). The van der Waals surface area contributed by atoms with E-state index in [-0.39, 0.29) is 0 Å². The van der Waals surface area contributed by atoms with E-state index in [0.29, 0.717) is 12.6 Å². The van der Waals surface area contributed by atoms with Crippen LogP contribution in [-0.2, 0) is 26.0 Å². The molecule has 504 valence electrons. The quantitative estimate of drug-likeness (QED) is 0.201. The number of hydrogen-bond donors (Lipinski definition) is 1. The van der Waals surface area contributed by atoms with Crippen LogP contribution in [0, 0.1) is 450 Å². The summed E-state index contributed by atoms with van der Waals surface area (Å²) in [4.78, 5) is 6.23. The lowest BCUT2D eigenvalue weighted by molar-refractivity contribution is 0.158. The molecular formula is C108H34N4O3. The van der Waals surface area contributed by atoms with Crippen LogP contribution >= 0.6 is 0 Å². The Labute approximate surface area is 674 Å². The van der Waals surface area contributed by atoms with Crippen molar-refractivity contribution in [3.05, 3.63) is 101 Å². The van der Waals surface area contributed by atoms with E-state index in [9.17, 15) is 0 Å². The maximum atomic E-state index is 6.29. The second-order valence-electron chi connectivity index (χ2n) is 19.6. The SMILES string of the molecule is C#CC#CC#CC#CC#CC#CC#CC#CC#CC#CC#CC#CC#CC#CC#CC#CC#CC#CC#CC#CC#CC#CC#CC#CC#CC#CC#CC#CC#CC#CC#CC#CC#CC#CC#CC#CC#CC#CC.COc1ccc2[nH]c3c(c2c1)CC1c2cc(OC)c(OCc4ccc(-n5cccn5)cc4)cc2CCN1C3. The Morgan fingerprint density at radius 2 is 0.730 bits per heavy atom. The van der Waals surface area contributed by atoms with E-state index >= 15 is 0 Å². The molecule has 4 heterocycles. The van der Waals surface area contributed by atoms with Gasteiger partial charge in [-0.3, -0.25) is 4.90 Å². The summed E-state index contributed by atoms with van der Waals surface area (Å²) in [5.74, 6) is 189. The van der Waals surface area contributed by atoms with Crippen molar-refractivity contribution in [2.75, 3.05) is 20.8 Å². The monoisotopic (exact) mass is 1430 g/mol. The van der Waals surface area contributed by atoms with Gasteiger partial charge in [0.2, 0.25) is 0 Å². The number of nitrogens with zero attached hydrogens (tertiary/aromatic N) is 3. The summed E-state index contributed by atoms with van der Waals surface area (Å²) in [6.45, 7) is 4.11. The molecule has 2 aliphatic rings. The van der Waals surface area contributed by atoms with Gasteiger partial charge >= 0.3 is 0 Å². The Bertz CT molecular complexity index is 7550. The van der Waals surface area contributed by atoms with Gasteiger partial charge in [0, 0.05) is 392 Å². The van der Waals surface area contributed by atoms with Gasteiger partial charge in [0.15, 0.2) is 11.5 Å². The summed E-state index contributed by atoms with van der Waals surface area (Å²) < 4.78 is 19.5. The molecule has 1 N–H and O–H groups in total. The number of aromatic amines is 1. The first-order valence-corrected chi connectivity index (χ1v) is 32.3. The van der Waals surface area contributed by atoms with Gasteiger partial charge in [0.1, 0.15) is 12.4 Å². The van der Waals surface area contributed by atoms with Crippen molar-refractivity contribution in [2.45, 2.75) is 39.0 Å². The predicted octanol–water partition coefficient (Wildman–Crippen LogP) is 6.37. The minimum absolute atomic E-state index is 0.314. The lowest BCUT2D eigenvalue weighted by Gasteiger charge is -2.40. The van der Waals surface area contributed by atoms with Crippen molar-refractivity contribution >= 4 is 10.9 Å². The molecule has 0 bridgehead atoms. The number of H-pyrrole nitrogens is 1. The molecule has 0 fully saturated rings. The minimum atomic E-state index is 0.314. The molecule has 0 radical (unpaired) electrons. The largest absolute Gasteiger partial charge is 0.497 e. The summed E-state index contributed by atoms with van der Waals surface area (Å²) in [7, 11) is 3.45. The summed E-state index contributed by atoms with van der Waals surface area (Å²) in [6, 6.07) is 21.2. The second-order valence-corrected chi connectivity index (χ2v) is 19.6. The Balaban J connectivity index is 0.000000441. The fourth-order valence-electron chi connectivity index (χ4n) is 8.28. The molecule has 7 nitrogen and oxygen atoms in total. The van der Waals surface area contributed by atoms with Crippen LogP contribution < -0.4 is 14.2 Å². The van der Waals surface area contributed by atoms with Crippen molar-refractivity contribution in [2.24, 2.45) is 0 Å². The van der Waals surface area contributed by atoms with Crippen molar-refractivity contribution in [1.82, 2.24) is 19.7 Å². The zero-order valence-electron chi connectivity index (χ0n) is 60.7. The van der Waals surface area contributed by atoms with Crippen molar-refractivity contribution in [1.29, 1.82) is 0 Å². The zero-order valence-corrected chi connectivity index (χ0v) is 60.7. The topological polar surface area (TPSA) is 64.5 Å². The summed E-state index contributed by atoms with van der Waals surface area (Å²) in [5, 5.41) is 5.55. The van der Waals surface area contributed by atoms with Crippen molar-refractivity contribution in [3.8, 4) is 473 Å². The van der Waals surface area contributed by atoms with Crippen LogP contribution in [0.3, 0.4) is 0 Å². The van der Waals surface area contributed by atoms with Crippen LogP contribution in [0.15, 0.2) is 73.1 Å². The van der Waals surface area contributed by atoms with Gasteiger partial charge in [0.05, 0.1) is 19.9 Å². The molecule has 0 amide bonds. The molecule has 7 heteroatoms. The van der Waals surface area contributed by atoms with Crippen molar-refractivity contribution < 1.29 is 14.2 Å². The van der Waals surface area contributed by atoms with Gasteiger partial charge in [-0.2, -0.15) is 5.10 Å². The van der Waals surface area contributed by atoms with Crippen LogP contribution in [0.1, 0.15) is 40.9 Å². The number of hydrogen-bond acceptors (Lipinski definition) is 5. The third-order valence-electron chi connectivity index (χ3n) is 12.7. The van der Waals surface area contributed by atoms with Crippen LogP contribution in [-0.4, -0.2) is 40.4 Å². The van der Waals surface area contributed by atoms with Crippen LogP contribution in [0.2, 0.25) is 0 Å². The Hall–Kier alpha value is -20.9. The average Bonchev–Trinajstić information content (AvgIpc) is 1.73. The summed E-state index contributed by atoms with van der Waals surface area (Å²) in [5.41, 5.74) is 8.70. The highest BCUT2D eigenvalue weighted by molar-refractivity contribution is 5.86. The molecule has 1 atom stereocenters. The van der Waals surface area contributed by atoms with Gasteiger partial charge in [-0.25, -0.2) is 4.68 Å². The van der Waals surface area contributed by atoms with E-state index in [4.69, 9.17) is 20.6 Å². The number of ether oxygens (including phenoxy) is 3. The second kappa shape index (κ2) is 56.6. The maximum absolute atomic E-state index is 6.29. The molecule has 0 saturated carbocycles. The lowest BCUT2D eigenvalue weighted by Crippen LogP contribution is -2.39.